The zero-order chi connectivity index (χ0) is 15.1. The molecule has 1 aliphatic rings. The summed E-state index contributed by atoms with van der Waals surface area (Å²) < 4.78 is 0. The molecule has 2 heteroatoms. The topological polar surface area (TPSA) is 29.3 Å². The zero-order valence-corrected chi connectivity index (χ0v) is 13.9. The summed E-state index contributed by atoms with van der Waals surface area (Å²) in [7, 11) is 0. The first-order valence-corrected chi connectivity index (χ1v) is 8.77. The van der Waals surface area contributed by atoms with Crippen LogP contribution in [-0.2, 0) is 6.42 Å². The van der Waals surface area contributed by atoms with Crippen LogP contribution in [-0.4, -0.2) is 29.6 Å². The maximum Gasteiger partial charge on any atom is 0.0355 e. The van der Waals surface area contributed by atoms with Gasteiger partial charge in [-0.05, 0) is 63.6 Å². The Labute approximate surface area is 130 Å². The summed E-state index contributed by atoms with van der Waals surface area (Å²) in [5.74, 6) is 0. The van der Waals surface area contributed by atoms with Crippen molar-refractivity contribution in [2.24, 2.45) is 5.73 Å². The molecule has 1 atom stereocenters. The van der Waals surface area contributed by atoms with Gasteiger partial charge in [-0.3, -0.25) is 4.90 Å². The average Bonchev–Trinajstić information content (AvgIpc) is 3.05. The second-order valence-corrected chi connectivity index (χ2v) is 6.49. The Balaban J connectivity index is 1.90. The summed E-state index contributed by atoms with van der Waals surface area (Å²) in [4.78, 5) is 2.68. The average molecular weight is 288 g/mol. The van der Waals surface area contributed by atoms with Crippen molar-refractivity contribution in [3.8, 4) is 0 Å². The number of nitrogens with two attached hydrogens (primary N) is 1. The lowest BCUT2D eigenvalue weighted by Crippen LogP contribution is -2.58. The van der Waals surface area contributed by atoms with Gasteiger partial charge in [0.05, 0.1) is 0 Å². The molecule has 21 heavy (non-hydrogen) atoms. The van der Waals surface area contributed by atoms with E-state index in [0.29, 0.717) is 6.04 Å². The van der Waals surface area contributed by atoms with E-state index in [-0.39, 0.29) is 5.54 Å². The van der Waals surface area contributed by atoms with Gasteiger partial charge in [0.2, 0.25) is 0 Å². The fourth-order valence-corrected chi connectivity index (χ4v) is 4.06. The van der Waals surface area contributed by atoms with Gasteiger partial charge in [-0.1, -0.05) is 44.2 Å². The Morgan fingerprint density at radius 1 is 1.10 bits per heavy atom. The van der Waals surface area contributed by atoms with Crippen LogP contribution in [0, 0.1) is 0 Å². The van der Waals surface area contributed by atoms with Gasteiger partial charge >= 0.3 is 0 Å². The zero-order valence-electron chi connectivity index (χ0n) is 13.9. The number of likely N-dealkylation sites (tertiary alicyclic amines) is 1. The van der Waals surface area contributed by atoms with E-state index in [4.69, 9.17) is 5.73 Å². The van der Waals surface area contributed by atoms with Crippen LogP contribution in [0.2, 0.25) is 0 Å². The smallest absolute Gasteiger partial charge is 0.0355 e. The third-order valence-corrected chi connectivity index (χ3v) is 5.47. The molecule has 2 rings (SSSR count). The summed E-state index contributed by atoms with van der Waals surface area (Å²) in [6.45, 7) is 7.12. The van der Waals surface area contributed by atoms with Gasteiger partial charge in [0, 0.05) is 11.6 Å². The maximum atomic E-state index is 6.68. The summed E-state index contributed by atoms with van der Waals surface area (Å²) in [5.41, 5.74) is 8.34. The van der Waals surface area contributed by atoms with E-state index >= 15 is 0 Å². The highest BCUT2D eigenvalue weighted by Gasteiger charge is 2.39. The minimum absolute atomic E-state index is 0.229. The molecule has 1 aromatic carbocycles. The predicted molar refractivity (Wildman–Crippen MR) is 91.5 cm³/mol. The standard InChI is InChI=1S/C19H32N2/c1-3-19(4-2,21-15-8-9-16-21)18(20)14-10-13-17-11-6-5-7-12-17/h5-7,11-12,18H,3-4,8-10,13-16,20H2,1-2H3. The van der Waals surface area contributed by atoms with E-state index in [9.17, 15) is 0 Å². The van der Waals surface area contributed by atoms with Gasteiger partial charge in [-0.15, -0.1) is 0 Å². The van der Waals surface area contributed by atoms with Crippen LogP contribution >= 0.6 is 0 Å². The number of benzene rings is 1. The number of aryl methyl sites for hydroxylation is 1. The third kappa shape index (κ3) is 3.87. The van der Waals surface area contributed by atoms with Crippen molar-refractivity contribution >= 4 is 0 Å². The minimum atomic E-state index is 0.229. The molecule has 0 aliphatic carbocycles. The monoisotopic (exact) mass is 288 g/mol. The van der Waals surface area contributed by atoms with Crippen molar-refractivity contribution in [3.63, 3.8) is 0 Å². The maximum absolute atomic E-state index is 6.68. The SMILES string of the molecule is CCC(CC)(C(N)CCCc1ccccc1)N1CCCC1. The first kappa shape index (κ1) is 16.5. The van der Waals surface area contributed by atoms with Gasteiger partial charge in [0.25, 0.3) is 0 Å². The van der Waals surface area contributed by atoms with Crippen LogP contribution in [0.4, 0.5) is 0 Å². The summed E-state index contributed by atoms with van der Waals surface area (Å²) in [5, 5.41) is 0. The molecule has 0 spiro atoms. The van der Waals surface area contributed by atoms with Gasteiger partial charge < -0.3 is 5.73 Å². The summed E-state index contributed by atoms with van der Waals surface area (Å²) in [6.07, 6.45) is 8.52. The Morgan fingerprint density at radius 2 is 1.71 bits per heavy atom. The number of hydrogen-bond donors (Lipinski definition) is 1. The lowest BCUT2D eigenvalue weighted by molar-refractivity contribution is 0.0730. The van der Waals surface area contributed by atoms with Crippen LogP contribution in [0.1, 0.15) is 57.9 Å². The molecule has 2 nitrogen and oxygen atoms in total. The van der Waals surface area contributed by atoms with E-state index in [1.165, 1.54) is 50.8 Å². The lowest BCUT2D eigenvalue weighted by Gasteiger charge is -2.45. The molecule has 0 aromatic heterocycles. The van der Waals surface area contributed by atoms with E-state index < -0.39 is 0 Å². The second kappa shape index (κ2) is 7.95. The van der Waals surface area contributed by atoms with Crippen molar-refractivity contribution in [1.29, 1.82) is 0 Å². The molecular weight excluding hydrogens is 256 g/mol. The van der Waals surface area contributed by atoms with Crippen LogP contribution < -0.4 is 5.73 Å². The molecule has 2 N–H and O–H groups in total. The molecule has 118 valence electrons. The first-order chi connectivity index (χ1) is 10.2. The van der Waals surface area contributed by atoms with Crippen molar-refractivity contribution < 1.29 is 0 Å². The van der Waals surface area contributed by atoms with Crippen LogP contribution in [0.3, 0.4) is 0 Å². The van der Waals surface area contributed by atoms with Crippen LogP contribution in [0.5, 0.6) is 0 Å². The van der Waals surface area contributed by atoms with Gasteiger partial charge in [-0.25, -0.2) is 0 Å². The van der Waals surface area contributed by atoms with E-state index in [1.807, 2.05) is 0 Å². The van der Waals surface area contributed by atoms with Gasteiger partial charge in [0.1, 0.15) is 0 Å². The first-order valence-electron chi connectivity index (χ1n) is 8.77. The number of nitrogens with zero attached hydrogens (tertiary/aromatic N) is 1. The highest BCUT2D eigenvalue weighted by molar-refractivity contribution is 5.14. The van der Waals surface area contributed by atoms with Crippen molar-refractivity contribution in [1.82, 2.24) is 4.90 Å². The number of rotatable bonds is 8. The molecule has 1 saturated heterocycles. The molecule has 1 aliphatic heterocycles. The Kier molecular flexibility index (Phi) is 6.25. The molecule has 1 aromatic rings. The van der Waals surface area contributed by atoms with E-state index in [2.05, 4.69) is 49.1 Å². The quantitative estimate of drug-likeness (QED) is 0.783. The Hall–Kier alpha value is -0.860. The number of hydrogen-bond acceptors (Lipinski definition) is 2. The van der Waals surface area contributed by atoms with E-state index in [0.717, 1.165) is 12.8 Å². The highest BCUT2D eigenvalue weighted by atomic mass is 15.2. The molecule has 1 heterocycles. The fourth-order valence-electron chi connectivity index (χ4n) is 4.06. The molecule has 0 saturated carbocycles. The largest absolute Gasteiger partial charge is 0.326 e. The third-order valence-electron chi connectivity index (χ3n) is 5.47. The van der Waals surface area contributed by atoms with Crippen LogP contribution in [0.25, 0.3) is 0 Å². The Bertz CT molecular complexity index is 391. The van der Waals surface area contributed by atoms with Gasteiger partial charge in [-0.2, -0.15) is 0 Å². The molecular formula is C19H32N2. The normalized spacial score (nSPS) is 18.0. The summed E-state index contributed by atoms with van der Waals surface area (Å²) in [6, 6.07) is 11.1. The lowest BCUT2D eigenvalue weighted by atomic mass is 9.80. The fraction of sp³-hybridized carbons (Fsp3) is 0.684. The van der Waals surface area contributed by atoms with E-state index in [1.54, 1.807) is 0 Å². The molecule has 0 amide bonds. The molecule has 1 fully saturated rings. The predicted octanol–water partition coefficient (Wildman–Crippen LogP) is 3.99. The molecule has 0 radical (unpaired) electrons. The minimum Gasteiger partial charge on any atom is -0.326 e. The van der Waals surface area contributed by atoms with Crippen molar-refractivity contribution in [3.05, 3.63) is 35.9 Å². The van der Waals surface area contributed by atoms with Gasteiger partial charge in [0.15, 0.2) is 0 Å². The molecule has 1 unspecified atom stereocenters. The van der Waals surface area contributed by atoms with Crippen LogP contribution in [0.15, 0.2) is 30.3 Å². The molecule has 0 bridgehead atoms. The second-order valence-electron chi connectivity index (χ2n) is 6.49. The van der Waals surface area contributed by atoms with Crippen molar-refractivity contribution in [2.45, 2.75) is 70.4 Å². The Morgan fingerprint density at radius 3 is 2.29 bits per heavy atom. The highest BCUT2D eigenvalue weighted by Crippen LogP contribution is 2.32. The van der Waals surface area contributed by atoms with Crippen molar-refractivity contribution in [2.75, 3.05) is 13.1 Å². The summed E-state index contributed by atoms with van der Waals surface area (Å²) >= 11 is 0.